The van der Waals surface area contributed by atoms with Gasteiger partial charge in [-0.1, -0.05) is 13.8 Å². The molecule has 0 aliphatic carbocycles. The van der Waals surface area contributed by atoms with E-state index >= 15 is 0 Å². The van der Waals surface area contributed by atoms with Crippen molar-refractivity contribution < 1.29 is 9.90 Å². The van der Waals surface area contributed by atoms with Gasteiger partial charge in [0.1, 0.15) is 0 Å². The molecule has 0 heterocycles. The molecule has 7 heavy (non-hydrogen) atoms. The van der Waals surface area contributed by atoms with Crippen molar-refractivity contribution in [2.45, 2.75) is 20.3 Å². The van der Waals surface area contributed by atoms with Crippen molar-refractivity contribution in [1.82, 2.24) is 0 Å². The smallest absolute Gasteiger partial charge is 0.306 e. The molecule has 0 aromatic carbocycles. The second kappa shape index (κ2) is 2.61. The number of hydrogen-bond donors (Lipinski definition) is 1. The van der Waals surface area contributed by atoms with Crippen molar-refractivity contribution >= 4 is 5.97 Å². The first-order valence-corrected chi connectivity index (χ1v) is 2.41. The molecule has 0 unspecified atom stereocenters. The second-order valence-electron chi connectivity index (χ2n) is 1.65. The van der Waals surface area contributed by atoms with E-state index in [1.807, 2.05) is 6.92 Å². The Morgan fingerprint density at radius 1 is 1.86 bits per heavy atom. The molecule has 2 heteroatoms. The van der Waals surface area contributed by atoms with Gasteiger partial charge in [0.15, 0.2) is 0 Å². The average molecular weight is 103 g/mol. The SMILES string of the molecule is CC[C@@H]([13CH3])C(=O)O. The van der Waals surface area contributed by atoms with Gasteiger partial charge >= 0.3 is 5.97 Å². The van der Waals surface area contributed by atoms with Gasteiger partial charge in [-0.3, -0.25) is 4.79 Å². The van der Waals surface area contributed by atoms with E-state index in [1.165, 1.54) is 0 Å². The van der Waals surface area contributed by atoms with Crippen LogP contribution in [0.15, 0.2) is 0 Å². The Morgan fingerprint density at radius 3 is 2.29 bits per heavy atom. The van der Waals surface area contributed by atoms with Crippen molar-refractivity contribution in [3.63, 3.8) is 0 Å². The number of aliphatic carboxylic acids is 1. The fourth-order valence-electron chi connectivity index (χ4n) is 0.175. The van der Waals surface area contributed by atoms with E-state index in [9.17, 15) is 4.79 Å². The van der Waals surface area contributed by atoms with E-state index in [0.29, 0.717) is 0 Å². The number of carbonyl (C=O) groups is 1. The van der Waals surface area contributed by atoms with Crippen LogP contribution in [0, 0.1) is 5.92 Å². The molecule has 2 nitrogen and oxygen atoms in total. The molecule has 0 rings (SSSR count). The molecule has 0 aliphatic heterocycles. The lowest BCUT2D eigenvalue weighted by Gasteiger charge is -1.96. The molecule has 0 saturated carbocycles. The van der Waals surface area contributed by atoms with Gasteiger partial charge < -0.3 is 5.11 Å². The summed E-state index contributed by atoms with van der Waals surface area (Å²) in [5.41, 5.74) is 0. The molecule has 0 bridgehead atoms. The van der Waals surface area contributed by atoms with E-state index in [0.717, 1.165) is 6.42 Å². The van der Waals surface area contributed by atoms with Crippen molar-refractivity contribution in [3.8, 4) is 0 Å². The third-order valence-electron chi connectivity index (χ3n) is 1.03. The summed E-state index contributed by atoms with van der Waals surface area (Å²) in [7, 11) is 0. The zero-order chi connectivity index (χ0) is 5.86. The van der Waals surface area contributed by atoms with Gasteiger partial charge in [-0.15, -0.1) is 0 Å². The van der Waals surface area contributed by atoms with Crippen molar-refractivity contribution in [2.75, 3.05) is 0 Å². The maximum Gasteiger partial charge on any atom is 0.306 e. The van der Waals surface area contributed by atoms with Gasteiger partial charge in [0, 0.05) is 0 Å². The molecule has 0 aliphatic rings. The lowest BCUT2D eigenvalue weighted by atomic mass is 10.2. The van der Waals surface area contributed by atoms with Crippen molar-refractivity contribution in [3.05, 3.63) is 0 Å². The highest BCUT2D eigenvalue weighted by molar-refractivity contribution is 5.69. The highest BCUT2D eigenvalue weighted by Crippen LogP contribution is 1.97. The molecule has 42 valence electrons. The van der Waals surface area contributed by atoms with Crippen LogP contribution in [0.4, 0.5) is 0 Å². The van der Waals surface area contributed by atoms with Crippen molar-refractivity contribution in [1.29, 1.82) is 0 Å². The lowest BCUT2D eigenvalue weighted by molar-refractivity contribution is -0.141. The predicted octanol–water partition coefficient (Wildman–Crippen LogP) is 1.12. The van der Waals surface area contributed by atoms with E-state index in [1.54, 1.807) is 6.92 Å². The summed E-state index contributed by atoms with van der Waals surface area (Å²) in [6, 6.07) is 0. The third-order valence-corrected chi connectivity index (χ3v) is 1.03. The highest BCUT2D eigenvalue weighted by Gasteiger charge is 2.05. The minimum atomic E-state index is -0.706. The topological polar surface area (TPSA) is 37.3 Å². The monoisotopic (exact) mass is 103 g/mol. The number of carboxylic acids is 1. The molecule has 0 fully saturated rings. The standard InChI is InChI=1S/C5H10O2/c1-3-4(2)5(6)7/h4H,3H2,1-2H3,(H,6,7)/t4-/m1/s1/i2+1. The van der Waals surface area contributed by atoms with Crippen LogP contribution in [0.1, 0.15) is 20.3 Å². The molecule has 0 aromatic heterocycles. The van der Waals surface area contributed by atoms with E-state index in [4.69, 9.17) is 5.11 Å². The van der Waals surface area contributed by atoms with Crippen LogP contribution in [0.5, 0.6) is 0 Å². The first kappa shape index (κ1) is 6.47. The Balaban J connectivity index is 3.34. The number of carboxylic acid groups (broad SMARTS) is 1. The molecule has 1 N–H and O–H groups in total. The van der Waals surface area contributed by atoms with E-state index in [2.05, 4.69) is 0 Å². The van der Waals surface area contributed by atoms with Crippen LogP contribution in [0.25, 0.3) is 0 Å². The van der Waals surface area contributed by atoms with Gasteiger partial charge in [0.05, 0.1) is 5.92 Å². The molecule has 1 atom stereocenters. The molecule has 0 aromatic rings. The molecular formula is C5H10O2. The van der Waals surface area contributed by atoms with Gasteiger partial charge in [-0.05, 0) is 6.42 Å². The van der Waals surface area contributed by atoms with Crippen molar-refractivity contribution in [2.24, 2.45) is 5.92 Å². The summed E-state index contributed by atoms with van der Waals surface area (Å²) >= 11 is 0. The summed E-state index contributed by atoms with van der Waals surface area (Å²) in [5, 5.41) is 8.18. The zero-order valence-electron chi connectivity index (χ0n) is 4.64. The first-order chi connectivity index (χ1) is 3.18. The van der Waals surface area contributed by atoms with Crippen LogP contribution in [-0.2, 0) is 4.79 Å². The first-order valence-electron chi connectivity index (χ1n) is 2.41. The minimum absolute atomic E-state index is 0.181. The predicted molar refractivity (Wildman–Crippen MR) is 27.1 cm³/mol. The highest BCUT2D eigenvalue weighted by atomic mass is 16.4. The Kier molecular flexibility index (Phi) is 2.41. The summed E-state index contributed by atoms with van der Waals surface area (Å²) < 4.78 is 0. The maximum atomic E-state index is 9.93. The Bertz CT molecular complexity index is 68.5. The van der Waals surface area contributed by atoms with Gasteiger partial charge in [0.25, 0.3) is 0 Å². The lowest BCUT2D eigenvalue weighted by Crippen LogP contribution is -2.06. The van der Waals surface area contributed by atoms with Crippen LogP contribution in [-0.4, -0.2) is 11.1 Å². The van der Waals surface area contributed by atoms with Gasteiger partial charge in [-0.2, -0.15) is 0 Å². The summed E-state index contributed by atoms with van der Waals surface area (Å²) in [5.74, 6) is -0.887. The number of hydrogen-bond acceptors (Lipinski definition) is 1. The second-order valence-corrected chi connectivity index (χ2v) is 1.65. The molecular weight excluding hydrogens is 93.0 g/mol. The normalized spacial score (nSPS) is 13.4. The Hall–Kier alpha value is -0.530. The summed E-state index contributed by atoms with van der Waals surface area (Å²) in [4.78, 5) is 9.93. The molecule has 0 saturated heterocycles. The minimum Gasteiger partial charge on any atom is -0.481 e. The summed E-state index contributed by atoms with van der Waals surface area (Å²) in [6.07, 6.45) is 0.718. The van der Waals surface area contributed by atoms with Gasteiger partial charge in [0.2, 0.25) is 0 Å². The summed E-state index contributed by atoms with van der Waals surface area (Å²) in [6.45, 7) is 3.56. The average Bonchev–Trinajstić information content (AvgIpc) is 1.65. The molecule has 0 radical (unpaired) electrons. The van der Waals surface area contributed by atoms with Crippen LogP contribution >= 0.6 is 0 Å². The Labute approximate surface area is 43.2 Å². The molecule has 0 spiro atoms. The third kappa shape index (κ3) is 2.20. The molecule has 0 amide bonds. The van der Waals surface area contributed by atoms with E-state index < -0.39 is 5.97 Å². The van der Waals surface area contributed by atoms with Crippen LogP contribution in [0.2, 0.25) is 0 Å². The van der Waals surface area contributed by atoms with Crippen LogP contribution < -0.4 is 0 Å². The number of rotatable bonds is 2. The maximum absolute atomic E-state index is 9.93. The largest absolute Gasteiger partial charge is 0.481 e. The zero-order valence-corrected chi connectivity index (χ0v) is 4.64. The fraction of sp³-hybridized carbons (Fsp3) is 0.800. The van der Waals surface area contributed by atoms with Crippen LogP contribution in [0.3, 0.4) is 0 Å². The van der Waals surface area contributed by atoms with Gasteiger partial charge in [-0.25, -0.2) is 0 Å². The Morgan fingerprint density at radius 2 is 2.29 bits per heavy atom. The fourth-order valence-corrected chi connectivity index (χ4v) is 0.175. The quantitative estimate of drug-likeness (QED) is 0.531. The van der Waals surface area contributed by atoms with E-state index in [-0.39, 0.29) is 5.92 Å².